The van der Waals surface area contributed by atoms with E-state index in [9.17, 15) is 13.5 Å². The van der Waals surface area contributed by atoms with Crippen LogP contribution >= 0.6 is 0 Å². The van der Waals surface area contributed by atoms with E-state index < -0.39 is 10.1 Å². The maximum atomic E-state index is 12.5. The minimum Gasteiger partial charge on any atom is -0.490 e. The molecule has 0 amide bonds. The molecule has 0 aromatic heterocycles. The molecule has 1 N–H and O–H groups in total. The van der Waals surface area contributed by atoms with Crippen molar-refractivity contribution < 1.29 is 22.4 Å². The summed E-state index contributed by atoms with van der Waals surface area (Å²) in [7, 11) is -3.99. The van der Waals surface area contributed by atoms with Crippen LogP contribution in [-0.4, -0.2) is 20.1 Å². The van der Waals surface area contributed by atoms with Crippen molar-refractivity contribution in [1.82, 2.24) is 0 Å². The van der Waals surface area contributed by atoms with E-state index >= 15 is 0 Å². The molecule has 0 fully saturated rings. The molecule has 5 nitrogen and oxygen atoms in total. The normalized spacial score (nSPS) is 11.1. The second-order valence-electron chi connectivity index (χ2n) is 5.02. The molecular weight excluding hydrogens is 328 g/mol. The predicted molar refractivity (Wildman–Crippen MR) is 91.7 cm³/mol. The van der Waals surface area contributed by atoms with Crippen molar-refractivity contribution >= 4 is 10.1 Å². The van der Waals surface area contributed by atoms with Gasteiger partial charge in [0.2, 0.25) is 0 Å². The van der Waals surface area contributed by atoms with Crippen LogP contribution in [0.25, 0.3) is 0 Å². The van der Waals surface area contributed by atoms with Gasteiger partial charge in [0.25, 0.3) is 0 Å². The second-order valence-corrected chi connectivity index (χ2v) is 6.56. The molecule has 0 aliphatic heterocycles. The molecule has 2 aromatic carbocycles. The molecule has 128 valence electrons. The van der Waals surface area contributed by atoms with Gasteiger partial charge in [-0.25, -0.2) is 0 Å². The largest absolute Gasteiger partial charge is 0.490 e. The van der Waals surface area contributed by atoms with Gasteiger partial charge < -0.3 is 14.0 Å². The van der Waals surface area contributed by atoms with Crippen molar-refractivity contribution in [3.8, 4) is 11.5 Å². The van der Waals surface area contributed by atoms with Crippen molar-refractivity contribution in [2.45, 2.75) is 24.8 Å². The van der Waals surface area contributed by atoms with Crippen LogP contribution in [-0.2, 0) is 23.1 Å². The first kappa shape index (κ1) is 18.0. The van der Waals surface area contributed by atoms with Crippen molar-refractivity contribution in [2.24, 2.45) is 0 Å². The van der Waals surface area contributed by atoms with Gasteiger partial charge in [-0.3, -0.25) is 0 Å². The Labute approximate surface area is 142 Å². The van der Waals surface area contributed by atoms with Gasteiger partial charge in [-0.15, -0.1) is 6.58 Å². The van der Waals surface area contributed by atoms with Gasteiger partial charge in [0.1, 0.15) is 4.90 Å². The molecule has 0 spiro atoms. The standard InChI is InChI=1S/C18H20O5S/c1-3-8-15-11-14(13-19)12-17(22-4-2)18(15)23-24(20,21)16-9-6-5-7-10-16/h3,5-7,9-12,19H,1,4,8,13H2,2H3. The third-order valence-corrected chi connectivity index (χ3v) is 4.50. The average molecular weight is 348 g/mol. The SMILES string of the molecule is C=CCc1cc(CO)cc(OCC)c1OS(=O)(=O)c1ccccc1. The van der Waals surface area contributed by atoms with Crippen molar-refractivity contribution in [2.75, 3.05) is 6.61 Å². The molecule has 0 radical (unpaired) electrons. The third-order valence-electron chi connectivity index (χ3n) is 3.26. The summed E-state index contributed by atoms with van der Waals surface area (Å²) in [5, 5.41) is 9.38. The lowest BCUT2D eigenvalue weighted by atomic mass is 10.1. The molecule has 2 aromatic rings. The predicted octanol–water partition coefficient (Wildman–Crippen LogP) is 3.07. The molecule has 0 aliphatic rings. The fourth-order valence-corrected chi connectivity index (χ4v) is 3.22. The number of benzene rings is 2. The molecular formula is C18H20O5S. The summed E-state index contributed by atoms with van der Waals surface area (Å²) >= 11 is 0. The number of rotatable bonds is 8. The maximum absolute atomic E-state index is 12.5. The van der Waals surface area contributed by atoms with Crippen molar-refractivity contribution in [3.05, 3.63) is 66.2 Å². The number of allylic oxidation sites excluding steroid dienone is 1. The van der Waals surface area contributed by atoms with Crippen LogP contribution in [0.4, 0.5) is 0 Å². The van der Waals surface area contributed by atoms with Gasteiger partial charge >= 0.3 is 10.1 Å². The molecule has 0 heterocycles. The van der Waals surface area contributed by atoms with E-state index in [1.54, 1.807) is 43.3 Å². The fourth-order valence-electron chi connectivity index (χ4n) is 2.22. The van der Waals surface area contributed by atoms with Gasteiger partial charge in [0.05, 0.1) is 13.2 Å². The Bertz CT molecular complexity index is 798. The summed E-state index contributed by atoms with van der Waals surface area (Å²) in [4.78, 5) is 0.0586. The highest BCUT2D eigenvalue weighted by Crippen LogP contribution is 2.36. The lowest BCUT2D eigenvalue weighted by Gasteiger charge is -2.16. The summed E-state index contributed by atoms with van der Waals surface area (Å²) < 4.78 is 35.9. The van der Waals surface area contributed by atoms with Gasteiger partial charge in [-0.1, -0.05) is 24.3 Å². The van der Waals surface area contributed by atoms with E-state index in [0.29, 0.717) is 24.2 Å². The van der Waals surface area contributed by atoms with Crippen LogP contribution < -0.4 is 8.92 Å². The first-order chi connectivity index (χ1) is 11.5. The van der Waals surface area contributed by atoms with Crippen LogP contribution in [0.15, 0.2) is 60.0 Å². The fraction of sp³-hybridized carbons (Fsp3) is 0.222. The first-order valence-electron chi connectivity index (χ1n) is 7.51. The molecule has 0 bridgehead atoms. The Morgan fingerprint density at radius 3 is 2.50 bits per heavy atom. The van der Waals surface area contributed by atoms with Crippen LogP contribution in [0.5, 0.6) is 11.5 Å². The summed E-state index contributed by atoms with van der Waals surface area (Å²) in [5.74, 6) is 0.401. The van der Waals surface area contributed by atoms with E-state index in [1.165, 1.54) is 12.1 Å². The van der Waals surface area contributed by atoms with E-state index in [0.717, 1.165) is 0 Å². The number of aliphatic hydroxyl groups is 1. The first-order valence-corrected chi connectivity index (χ1v) is 8.92. The Hall–Kier alpha value is -2.31. The van der Waals surface area contributed by atoms with Gasteiger partial charge in [-0.05, 0) is 43.2 Å². The zero-order chi connectivity index (χ0) is 17.6. The zero-order valence-corrected chi connectivity index (χ0v) is 14.3. The number of hydrogen-bond donors (Lipinski definition) is 1. The molecule has 2 rings (SSSR count). The molecule has 0 atom stereocenters. The lowest BCUT2D eigenvalue weighted by Crippen LogP contribution is -2.12. The molecule has 0 unspecified atom stereocenters. The third kappa shape index (κ3) is 4.15. The average Bonchev–Trinajstić information content (AvgIpc) is 2.58. The quantitative estimate of drug-likeness (QED) is 0.586. The molecule has 6 heteroatoms. The molecule has 0 aliphatic carbocycles. The molecule has 0 saturated carbocycles. The zero-order valence-electron chi connectivity index (χ0n) is 13.4. The van der Waals surface area contributed by atoms with Crippen LogP contribution in [0, 0.1) is 0 Å². The summed E-state index contributed by atoms with van der Waals surface area (Å²) in [6, 6.07) is 11.2. The lowest BCUT2D eigenvalue weighted by molar-refractivity contribution is 0.279. The topological polar surface area (TPSA) is 72.8 Å². The summed E-state index contributed by atoms with van der Waals surface area (Å²) in [6.07, 6.45) is 2.02. The molecule has 0 saturated heterocycles. The Morgan fingerprint density at radius 2 is 1.92 bits per heavy atom. The Morgan fingerprint density at radius 1 is 1.21 bits per heavy atom. The minimum atomic E-state index is -3.99. The Kier molecular flexibility index (Phi) is 6.00. The van der Waals surface area contributed by atoms with Crippen molar-refractivity contribution in [3.63, 3.8) is 0 Å². The van der Waals surface area contributed by atoms with Gasteiger partial charge in [-0.2, -0.15) is 8.42 Å². The molecule has 24 heavy (non-hydrogen) atoms. The smallest absolute Gasteiger partial charge is 0.339 e. The highest BCUT2D eigenvalue weighted by atomic mass is 32.2. The number of ether oxygens (including phenoxy) is 1. The summed E-state index contributed by atoms with van der Waals surface area (Å²) in [6.45, 7) is 5.61. The van der Waals surface area contributed by atoms with E-state index in [2.05, 4.69) is 6.58 Å². The maximum Gasteiger partial charge on any atom is 0.339 e. The highest BCUT2D eigenvalue weighted by Gasteiger charge is 2.22. The highest BCUT2D eigenvalue weighted by molar-refractivity contribution is 7.87. The van der Waals surface area contributed by atoms with Crippen molar-refractivity contribution in [1.29, 1.82) is 0 Å². The minimum absolute atomic E-state index is 0.0586. The van der Waals surface area contributed by atoms with E-state index in [1.807, 2.05) is 0 Å². The van der Waals surface area contributed by atoms with Crippen LogP contribution in [0.2, 0.25) is 0 Å². The van der Waals surface area contributed by atoms with Crippen LogP contribution in [0.1, 0.15) is 18.1 Å². The summed E-state index contributed by atoms with van der Waals surface area (Å²) in [5.41, 5.74) is 1.19. The van der Waals surface area contributed by atoms with Crippen LogP contribution in [0.3, 0.4) is 0 Å². The van der Waals surface area contributed by atoms with Gasteiger partial charge in [0, 0.05) is 5.56 Å². The van der Waals surface area contributed by atoms with Gasteiger partial charge in [0.15, 0.2) is 11.5 Å². The Balaban J connectivity index is 2.52. The van der Waals surface area contributed by atoms with E-state index in [-0.39, 0.29) is 23.0 Å². The monoisotopic (exact) mass is 348 g/mol. The van der Waals surface area contributed by atoms with E-state index in [4.69, 9.17) is 8.92 Å². The second kappa shape index (κ2) is 7.99. The number of hydrogen-bond acceptors (Lipinski definition) is 5. The number of aliphatic hydroxyl groups excluding tert-OH is 1.